The van der Waals surface area contributed by atoms with Crippen molar-refractivity contribution >= 4 is 38.5 Å². The number of aromatic amines is 1. The molecule has 0 spiro atoms. The molecule has 23 heavy (non-hydrogen) atoms. The zero-order chi connectivity index (χ0) is 16.4. The zero-order valence-electron chi connectivity index (χ0n) is 11.7. The molecule has 0 radical (unpaired) electrons. The first kappa shape index (κ1) is 15.1. The molecule has 0 unspecified atom stereocenters. The molecule has 0 amide bonds. The van der Waals surface area contributed by atoms with E-state index < -0.39 is 5.82 Å². The van der Waals surface area contributed by atoms with Gasteiger partial charge >= 0.3 is 0 Å². The molecule has 0 aliphatic carbocycles. The van der Waals surface area contributed by atoms with Crippen LogP contribution in [0.15, 0.2) is 51.7 Å². The summed E-state index contributed by atoms with van der Waals surface area (Å²) in [4.78, 5) is 18.9. The third-order valence-corrected chi connectivity index (χ3v) is 3.74. The van der Waals surface area contributed by atoms with E-state index >= 15 is 0 Å². The van der Waals surface area contributed by atoms with Gasteiger partial charge in [-0.15, -0.1) is 0 Å². The van der Waals surface area contributed by atoms with E-state index in [2.05, 4.69) is 25.9 Å². The number of benzene rings is 2. The summed E-state index contributed by atoms with van der Waals surface area (Å²) in [5.74, 6) is -0.361. The Morgan fingerprint density at radius 3 is 2.87 bits per heavy atom. The van der Waals surface area contributed by atoms with Crippen molar-refractivity contribution in [3.8, 4) is 6.07 Å². The molecular formula is C17H9BrFN3O. The maximum absolute atomic E-state index is 13.8. The van der Waals surface area contributed by atoms with E-state index in [1.54, 1.807) is 36.4 Å². The van der Waals surface area contributed by atoms with Gasteiger partial charge in [-0.25, -0.2) is 9.37 Å². The molecule has 112 valence electrons. The van der Waals surface area contributed by atoms with Crippen LogP contribution < -0.4 is 5.56 Å². The first-order chi connectivity index (χ1) is 11.1. The Labute approximate surface area is 139 Å². The largest absolute Gasteiger partial charge is 0.305 e. The van der Waals surface area contributed by atoms with Crippen molar-refractivity contribution in [1.29, 1.82) is 5.26 Å². The van der Waals surface area contributed by atoms with Crippen LogP contribution in [0.1, 0.15) is 11.4 Å². The van der Waals surface area contributed by atoms with Gasteiger partial charge in [0.25, 0.3) is 5.56 Å². The number of para-hydroxylation sites is 1. The fraction of sp³-hybridized carbons (Fsp3) is 0. The second-order valence-electron chi connectivity index (χ2n) is 4.77. The number of halogens is 2. The van der Waals surface area contributed by atoms with Crippen LogP contribution >= 0.6 is 15.9 Å². The summed E-state index contributed by atoms with van der Waals surface area (Å²) in [7, 11) is 0. The lowest BCUT2D eigenvalue weighted by Gasteiger charge is -2.03. The van der Waals surface area contributed by atoms with Gasteiger partial charge in [0.05, 0.1) is 16.5 Å². The summed E-state index contributed by atoms with van der Waals surface area (Å²) < 4.78 is 14.5. The number of nitrogens with zero attached hydrogens (tertiary/aromatic N) is 2. The third-order valence-electron chi connectivity index (χ3n) is 3.25. The van der Waals surface area contributed by atoms with Gasteiger partial charge in [0, 0.05) is 10.0 Å². The molecule has 6 heteroatoms. The lowest BCUT2D eigenvalue weighted by Crippen LogP contribution is -2.11. The quantitative estimate of drug-likeness (QED) is 0.696. The van der Waals surface area contributed by atoms with Crippen molar-refractivity contribution < 1.29 is 4.39 Å². The number of nitriles is 1. The standard InChI is InChI=1S/C17H9BrFN3O/c18-12-5-6-14(19)10(8-12)7-11(9-20)16-21-15-4-2-1-3-13(15)17(23)22-16/h1-8H,(H,21,22,23)/b11-7-. The summed E-state index contributed by atoms with van der Waals surface area (Å²) in [6.45, 7) is 0. The van der Waals surface area contributed by atoms with Gasteiger partial charge in [0.15, 0.2) is 5.82 Å². The lowest BCUT2D eigenvalue weighted by atomic mass is 10.1. The highest BCUT2D eigenvalue weighted by Gasteiger charge is 2.09. The number of allylic oxidation sites excluding steroid dienone is 1. The van der Waals surface area contributed by atoms with Crippen LogP contribution in [0.5, 0.6) is 0 Å². The minimum absolute atomic E-state index is 0.0739. The fourth-order valence-corrected chi connectivity index (χ4v) is 2.53. The van der Waals surface area contributed by atoms with E-state index in [0.29, 0.717) is 15.4 Å². The van der Waals surface area contributed by atoms with Gasteiger partial charge < -0.3 is 4.98 Å². The molecule has 4 nitrogen and oxygen atoms in total. The van der Waals surface area contributed by atoms with E-state index in [-0.39, 0.29) is 22.5 Å². The van der Waals surface area contributed by atoms with Crippen LogP contribution in [0.2, 0.25) is 0 Å². The Morgan fingerprint density at radius 1 is 1.30 bits per heavy atom. The highest BCUT2D eigenvalue weighted by atomic mass is 79.9. The first-order valence-corrected chi connectivity index (χ1v) is 7.44. The summed E-state index contributed by atoms with van der Waals surface area (Å²) in [6.07, 6.45) is 1.35. The highest BCUT2D eigenvalue weighted by molar-refractivity contribution is 9.10. The number of aromatic nitrogens is 2. The van der Waals surface area contributed by atoms with Gasteiger partial charge in [0.1, 0.15) is 11.9 Å². The molecule has 1 N–H and O–H groups in total. The molecule has 0 saturated carbocycles. The Bertz CT molecular complexity index is 1030. The van der Waals surface area contributed by atoms with Crippen molar-refractivity contribution in [2.45, 2.75) is 0 Å². The van der Waals surface area contributed by atoms with Crippen molar-refractivity contribution in [3.63, 3.8) is 0 Å². The lowest BCUT2D eigenvalue weighted by molar-refractivity contribution is 0.625. The number of hydrogen-bond donors (Lipinski definition) is 1. The van der Waals surface area contributed by atoms with Crippen LogP contribution in [0.25, 0.3) is 22.6 Å². The van der Waals surface area contributed by atoms with Crippen LogP contribution in [-0.4, -0.2) is 9.97 Å². The van der Waals surface area contributed by atoms with Crippen molar-refractivity contribution in [2.24, 2.45) is 0 Å². The van der Waals surface area contributed by atoms with E-state index in [4.69, 9.17) is 0 Å². The van der Waals surface area contributed by atoms with E-state index in [9.17, 15) is 14.4 Å². The van der Waals surface area contributed by atoms with E-state index in [0.717, 1.165) is 0 Å². The predicted octanol–water partition coefficient (Wildman–Crippen LogP) is 3.89. The molecule has 0 atom stereocenters. The Hall–Kier alpha value is -2.78. The van der Waals surface area contributed by atoms with E-state index in [1.165, 1.54) is 12.1 Å². The average molecular weight is 370 g/mol. The molecule has 2 aromatic carbocycles. The van der Waals surface area contributed by atoms with Crippen LogP contribution in [0.4, 0.5) is 4.39 Å². The Balaban J connectivity index is 2.19. The van der Waals surface area contributed by atoms with E-state index in [1.807, 2.05) is 6.07 Å². The van der Waals surface area contributed by atoms with Crippen molar-refractivity contribution in [2.75, 3.05) is 0 Å². The molecule has 0 aliphatic heterocycles. The first-order valence-electron chi connectivity index (χ1n) is 6.65. The van der Waals surface area contributed by atoms with Gasteiger partial charge in [-0.3, -0.25) is 4.79 Å². The molecule has 0 aliphatic rings. The minimum atomic E-state index is -0.468. The summed E-state index contributed by atoms with van der Waals surface area (Å²) in [5.41, 5.74) is 0.431. The number of fused-ring (bicyclic) bond motifs is 1. The zero-order valence-corrected chi connectivity index (χ0v) is 13.3. The average Bonchev–Trinajstić information content (AvgIpc) is 2.55. The molecular weight excluding hydrogens is 361 g/mol. The molecule has 3 rings (SSSR count). The molecule has 1 heterocycles. The maximum Gasteiger partial charge on any atom is 0.259 e. The molecule has 3 aromatic rings. The van der Waals surface area contributed by atoms with Crippen molar-refractivity contribution in [1.82, 2.24) is 9.97 Å². The van der Waals surface area contributed by atoms with Crippen LogP contribution in [0, 0.1) is 17.1 Å². The van der Waals surface area contributed by atoms with Gasteiger partial charge in [0.2, 0.25) is 0 Å². The van der Waals surface area contributed by atoms with Gasteiger partial charge in [-0.05, 0) is 36.4 Å². The topological polar surface area (TPSA) is 69.5 Å². The minimum Gasteiger partial charge on any atom is -0.305 e. The number of H-pyrrole nitrogens is 1. The Morgan fingerprint density at radius 2 is 2.09 bits per heavy atom. The second kappa shape index (κ2) is 6.15. The second-order valence-corrected chi connectivity index (χ2v) is 5.68. The fourth-order valence-electron chi connectivity index (χ4n) is 2.15. The predicted molar refractivity (Wildman–Crippen MR) is 89.9 cm³/mol. The van der Waals surface area contributed by atoms with Crippen molar-refractivity contribution in [3.05, 3.63) is 74.5 Å². The highest BCUT2D eigenvalue weighted by Crippen LogP contribution is 2.21. The van der Waals surface area contributed by atoms with Gasteiger partial charge in [-0.1, -0.05) is 28.1 Å². The molecule has 0 fully saturated rings. The summed E-state index contributed by atoms with van der Waals surface area (Å²) in [6, 6.07) is 13.2. The monoisotopic (exact) mass is 369 g/mol. The summed E-state index contributed by atoms with van der Waals surface area (Å²) >= 11 is 3.26. The number of nitrogens with one attached hydrogen (secondary N) is 1. The van der Waals surface area contributed by atoms with Crippen LogP contribution in [-0.2, 0) is 0 Å². The number of rotatable bonds is 2. The smallest absolute Gasteiger partial charge is 0.259 e. The van der Waals surface area contributed by atoms with Gasteiger partial charge in [-0.2, -0.15) is 5.26 Å². The SMILES string of the molecule is N#C/C(=C/c1cc(Br)ccc1F)c1nc2ccccc2c(=O)[nH]1. The third kappa shape index (κ3) is 3.05. The normalized spacial score (nSPS) is 11.4. The maximum atomic E-state index is 13.8. The number of hydrogen-bond acceptors (Lipinski definition) is 3. The molecule has 0 saturated heterocycles. The van der Waals surface area contributed by atoms with Crippen LogP contribution in [0.3, 0.4) is 0 Å². The Kier molecular flexibility index (Phi) is 4.04. The molecule has 0 bridgehead atoms. The molecule has 1 aromatic heterocycles. The summed E-state index contributed by atoms with van der Waals surface area (Å²) in [5, 5.41) is 9.78.